The number of phenols is 1. The molecule has 0 unspecified atom stereocenters. The van der Waals surface area contributed by atoms with Crippen molar-refractivity contribution >= 4 is 107 Å². The van der Waals surface area contributed by atoms with Crippen LogP contribution in [0.25, 0.3) is 0 Å². The molecule has 0 saturated carbocycles. The number of aromatic hydroxyl groups is 1. The van der Waals surface area contributed by atoms with Crippen molar-refractivity contribution in [1.29, 1.82) is 0 Å². The summed E-state index contributed by atoms with van der Waals surface area (Å²) in [6.45, 7) is 0. The molecule has 0 radical (unpaired) electrons. The van der Waals surface area contributed by atoms with E-state index in [0.29, 0.717) is 31.3 Å². The van der Waals surface area contributed by atoms with Crippen LogP contribution in [-0.2, 0) is 21.5 Å². The number of halogens is 4. The van der Waals surface area contributed by atoms with Crippen molar-refractivity contribution in [2.45, 2.75) is 12.5 Å². The Hall–Kier alpha value is 0.300. The van der Waals surface area contributed by atoms with Crippen LogP contribution < -0.4 is 9.46 Å². The van der Waals surface area contributed by atoms with Gasteiger partial charge in [-0.3, -0.25) is 9.35 Å². The van der Waals surface area contributed by atoms with Gasteiger partial charge in [0.2, 0.25) is 0 Å². The Bertz CT molecular complexity index is 983. The van der Waals surface area contributed by atoms with Gasteiger partial charge in [0.05, 0.1) is 14.3 Å². The van der Waals surface area contributed by atoms with Crippen LogP contribution in [-0.4, -0.2) is 35.2 Å². The summed E-state index contributed by atoms with van der Waals surface area (Å²) in [5.41, 5.74) is 0.555. The summed E-state index contributed by atoms with van der Waals surface area (Å²) >= 11 is 8.07. The van der Waals surface area contributed by atoms with Gasteiger partial charge in [0, 0.05) is 0 Å². The molecule has 0 saturated heterocycles. The molecular weight excluding hydrogens is 846 g/mol. The van der Waals surface area contributed by atoms with Gasteiger partial charge in [-0.1, -0.05) is 0 Å². The minimum atomic E-state index is -4.65. The monoisotopic (exact) mass is 857 g/mol. The van der Waals surface area contributed by atoms with Crippen LogP contribution in [0.1, 0.15) is 5.56 Å². The molecule has 0 fully saturated rings. The van der Waals surface area contributed by atoms with Gasteiger partial charge in [0.1, 0.15) is 17.5 Å². The molecule has 0 aliphatic rings. The third kappa shape index (κ3) is 6.93. The first kappa shape index (κ1) is 24.6. The van der Waals surface area contributed by atoms with Crippen LogP contribution in [0.4, 0.5) is 0 Å². The molecule has 0 aliphatic heterocycles. The number of hydrogen-bond donors (Lipinski definition) is 4. The number of benzene rings is 2. The molecule has 2 rings (SSSR count). The van der Waals surface area contributed by atoms with Gasteiger partial charge in [0.15, 0.2) is 5.75 Å². The van der Waals surface area contributed by atoms with Gasteiger partial charge >= 0.3 is 16.3 Å². The highest BCUT2D eigenvalue weighted by Crippen LogP contribution is 2.37. The molecule has 0 bridgehead atoms. The van der Waals surface area contributed by atoms with E-state index in [-0.39, 0.29) is 12.2 Å². The number of rotatable bonds is 7. The van der Waals surface area contributed by atoms with Crippen molar-refractivity contribution in [2.75, 3.05) is 0 Å². The maximum absolute atomic E-state index is 11.3. The van der Waals surface area contributed by atoms with E-state index in [4.69, 9.17) is 9.29 Å². The van der Waals surface area contributed by atoms with Gasteiger partial charge in [-0.25, -0.2) is 0 Å². The average molecular weight is 857 g/mol. The normalized spacial score (nSPS) is 12.6. The summed E-state index contributed by atoms with van der Waals surface area (Å²) in [4.78, 5) is 11.3. The maximum Gasteiger partial charge on any atom is 0.334 e. The third-order valence-electron chi connectivity index (χ3n) is 3.30. The number of carboxylic acid groups (broad SMARTS) is 1. The Kier molecular flexibility index (Phi) is 8.84. The van der Waals surface area contributed by atoms with E-state index in [0.717, 1.165) is 0 Å². The molecular formula is C15H11I4NO7S. The van der Waals surface area contributed by atoms with Gasteiger partial charge in [0.25, 0.3) is 0 Å². The van der Waals surface area contributed by atoms with Crippen molar-refractivity contribution in [3.63, 3.8) is 0 Å². The van der Waals surface area contributed by atoms with Crippen LogP contribution in [0.3, 0.4) is 0 Å². The standard InChI is InChI=1S/C15H11I4NO7S/c16-8-4-7(5-9(17)13(8)21)27-14-10(18)1-6(2-11(14)19)3-12(15(22)23)20-28(24,25)26/h1-2,4-5,12,20-21H,3H2,(H,22,23)(H,24,25,26)/t12-/m1/s1. The molecule has 4 N–H and O–H groups in total. The molecule has 0 spiro atoms. The van der Waals surface area contributed by atoms with E-state index < -0.39 is 22.3 Å². The molecule has 8 nitrogen and oxygen atoms in total. The van der Waals surface area contributed by atoms with Crippen LogP contribution in [0, 0.1) is 14.3 Å². The Labute approximate surface area is 215 Å². The number of ether oxygens (including phenoxy) is 1. The van der Waals surface area contributed by atoms with E-state index in [1.54, 1.807) is 29.0 Å². The minimum Gasteiger partial charge on any atom is -0.506 e. The van der Waals surface area contributed by atoms with Crippen molar-refractivity contribution in [3.8, 4) is 17.2 Å². The zero-order chi connectivity index (χ0) is 21.2. The zero-order valence-electron chi connectivity index (χ0n) is 13.5. The second kappa shape index (κ2) is 10.1. The first-order valence-corrected chi connectivity index (χ1v) is 12.9. The predicted octanol–water partition coefficient (Wildman–Crippen LogP) is 3.99. The lowest BCUT2D eigenvalue weighted by molar-refractivity contribution is -0.139. The number of carboxylic acids is 1. The lowest BCUT2D eigenvalue weighted by atomic mass is 10.1. The number of hydrogen-bond acceptors (Lipinski definition) is 5. The van der Waals surface area contributed by atoms with Crippen LogP contribution in [0.5, 0.6) is 17.2 Å². The van der Waals surface area contributed by atoms with Gasteiger partial charge in [-0.15, -0.1) is 0 Å². The summed E-state index contributed by atoms with van der Waals surface area (Å²) in [6, 6.07) is 5.23. The number of nitrogens with one attached hydrogen (secondary N) is 1. The van der Waals surface area contributed by atoms with E-state index >= 15 is 0 Å². The van der Waals surface area contributed by atoms with E-state index in [9.17, 15) is 23.4 Å². The summed E-state index contributed by atoms with van der Waals surface area (Å²) in [7, 11) is -4.65. The van der Waals surface area contributed by atoms with E-state index in [1.807, 2.05) is 90.4 Å². The van der Waals surface area contributed by atoms with Crippen molar-refractivity contribution < 1.29 is 32.7 Å². The van der Waals surface area contributed by atoms with E-state index in [2.05, 4.69) is 0 Å². The van der Waals surface area contributed by atoms with E-state index in [1.165, 1.54) is 0 Å². The van der Waals surface area contributed by atoms with Gasteiger partial charge in [-0.2, -0.15) is 13.1 Å². The largest absolute Gasteiger partial charge is 0.506 e. The Morgan fingerprint density at radius 2 is 1.54 bits per heavy atom. The molecule has 0 aliphatic carbocycles. The molecule has 13 heteroatoms. The predicted molar refractivity (Wildman–Crippen MR) is 135 cm³/mol. The second-order valence-electron chi connectivity index (χ2n) is 5.41. The fourth-order valence-corrected chi connectivity index (χ4v) is 6.51. The summed E-state index contributed by atoms with van der Waals surface area (Å²) in [6.07, 6.45) is -0.156. The van der Waals surface area contributed by atoms with Crippen LogP contribution in [0.2, 0.25) is 0 Å². The highest BCUT2D eigenvalue weighted by Gasteiger charge is 2.24. The van der Waals surface area contributed by atoms with Gasteiger partial charge in [-0.05, 0) is 127 Å². The highest BCUT2D eigenvalue weighted by molar-refractivity contribution is 14.1. The first-order valence-electron chi connectivity index (χ1n) is 7.18. The molecule has 0 heterocycles. The summed E-state index contributed by atoms with van der Waals surface area (Å²) in [5, 5.41) is 19.0. The number of carbonyl (C=O) groups is 1. The molecule has 0 aromatic heterocycles. The van der Waals surface area contributed by atoms with Crippen molar-refractivity contribution in [2.24, 2.45) is 0 Å². The molecule has 2 aromatic carbocycles. The topological polar surface area (TPSA) is 133 Å². The minimum absolute atomic E-state index is 0.156. The maximum atomic E-state index is 11.3. The fourth-order valence-electron chi connectivity index (χ4n) is 2.14. The number of aliphatic carboxylic acids is 1. The molecule has 2 aromatic rings. The first-order chi connectivity index (χ1) is 12.9. The summed E-state index contributed by atoms with van der Waals surface area (Å²) in [5.74, 6) is -0.140. The fraction of sp³-hybridized carbons (Fsp3) is 0.133. The molecule has 152 valence electrons. The molecule has 28 heavy (non-hydrogen) atoms. The quantitative estimate of drug-likeness (QED) is 0.245. The van der Waals surface area contributed by atoms with Crippen molar-refractivity contribution in [1.82, 2.24) is 4.72 Å². The second-order valence-corrected chi connectivity index (χ2v) is 11.2. The lowest BCUT2D eigenvalue weighted by Crippen LogP contribution is -2.41. The number of phenolic OH excluding ortho intramolecular Hbond substituents is 1. The Morgan fingerprint density at radius 1 is 1.04 bits per heavy atom. The van der Waals surface area contributed by atoms with Crippen LogP contribution >= 0.6 is 90.4 Å². The SMILES string of the molecule is O=C(O)[C@@H](Cc1cc(I)c(Oc2cc(I)c(O)c(I)c2)c(I)c1)NS(=O)(=O)O. The van der Waals surface area contributed by atoms with Gasteiger partial charge < -0.3 is 14.9 Å². The Morgan fingerprint density at radius 3 is 1.96 bits per heavy atom. The highest BCUT2D eigenvalue weighted by atomic mass is 127. The molecule has 1 atom stereocenters. The Balaban J connectivity index is 2.30. The lowest BCUT2D eigenvalue weighted by Gasteiger charge is -2.16. The third-order valence-corrected chi connectivity index (χ3v) is 7.13. The summed E-state index contributed by atoms with van der Waals surface area (Å²) < 4.78 is 41.0. The van der Waals surface area contributed by atoms with Crippen molar-refractivity contribution in [3.05, 3.63) is 44.1 Å². The smallest absolute Gasteiger partial charge is 0.334 e. The van der Waals surface area contributed by atoms with Crippen LogP contribution in [0.15, 0.2) is 24.3 Å². The average Bonchev–Trinajstić information content (AvgIpc) is 2.54. The molecule has 0 amide bonds. The zero-order valence-corrected chi connectivity index (χ0v) is 22.9.